The second kappa shape index (κ2) is 9.40. The van der Waals surface area contributed by atoms with E-state index >= 15 is 0 Å². The number of para-hydroxylation sites is 1. The number of hydrogen-bond acceptors (Lipinski definition) is 7. The molecule has 0 saturated carbocycles. The summed E-state index contributed by atoms with van der Waals surface area (Å²) in [4.78, 5) is 24.2. The van der Waals surface area contributed by atoms with E-state index < -0.39 is 17.7 Å². The Kier molecular flexibility index (Phi) is 6.56. The summed E-state index contributed by atoms with van der Waals surface area (Å²) in [5.74, 6) is -0.319. The molecular formula is C21H17F3N4O3S2. The summed E-state index contributed by atoms with van der Waals surface area (Å²) in [5, 5.41) is 8.43. The number of alkyl halides is 3. The molecule has 0 aliphatic carbocycles. The third kappa shape index (κ3) is 4.96. The highest BCUT2D eigenvalue weighted by Crippen LogP contribution is 2.32. The molecule has 2 aromatic carbocycles. The zero-order chi connectivity index (χ0) is 23.6. The summed E-state index contributed by atoms with van der Waals surface area (Å²) in [7, 11) is 0. The van der Waals surface area contributed by atoms with Gasteiger partial charge in [-0.3, -0.25) is 18.7 Å². The van der Waals surface area contributed by atoms with Crippen molar-refractivity contribution in [2.24, 2.45) is 0 Å². The molecule has 0 spiro atoms. The summed E-state index contributed by atoms with van der Waals surface area (Å²) in [6, 6.07) is 11.9. The van der Waals surface area contributed by atoms with Crippen LogP contribution in [0.5, 0.6) is 0 Å². The molecule has 0 aliphatic heterocycles. The minimum absolute atomic E-state index is 0.00788. The Bertz CT molecular complexity index is 1360. The average Bonchev–Trinajstić information content (AvgIpc) is 3.33. The van der Waals surface area contributed by atoms with Crippen LogP contribution in [0.15, 0.2) is 58.5 Å². The van der Waals surface area contributed by atoms with Crippen LogP contribution in [-0.4, -0.2) is 37.7 Å². The molecular weight excluding hydrogens is 477 g/mol. The van der Waals surface area contributed by atoms with Crippen LogP contribution in [0.1, 0.15) is 18.3 Å². The molecule has 4 aromatic rings. The summed E-state index contributed by atoms with van der Waals surface area (Å²) < 4.78 is 48.6. The molecule has 0 atom stereocenters. The van der Waals surface area contributed by atoms with E-state index in [0.717, 1.165) is 39.9 Å². The molecule has 12 heteroatoms. The molecule has 4 rings (SSSR count). The summed E-state index contributed by atoms with van der Waals surface area (Å²) >= 11 is 2.06. The third-order valence-electron chi connectivity index (χ3n) is 4.63. The number of hydrogen-bond donors (Lipinski definition) is 0. The lowest BCUT2D eigenvalue weighted by Gasteiger charge is -2.13. The van der Waals surface area contributed by atoms with Gasteiger partial charge in [-0.1, -0.05) is 41.3 Å². The van der Waals surface area contributed by atoms with Crippen LogP contribution in [0.25, 0.3) is 15.9 Å². The lowest BCUT2D eigenvalue weighted by Crippen LogP contribution is -2.17. The van der Waals surface area contributed by atoms with Gasteiger partial charge in [0.2, 0.25) is 0 Å². The van der Waals surface area contributed by atoms with E-state index in [9.17, 15) is 22.8 Å². The zero-order valence-corrected chi connectivity index (χ0v) is 18.8. The number of rotatable bonds is 7. The van der Waals surface area contributed by atoms with Crippen molar-refractivity contribution < 1.29 is 22.7 Å². The van der Waals surface area contributed by atoms with Gasteiger partial charge < -0.3 is 4.74 Å². The van der Waals surface area contributed by atoms with Crippen molar-refractivity contribution in [3.05, 3.63) is 69.6 Å². The highest BCUT2D eigenvalue weighted by atomic mass is 32.2. The number of carbonyl (C=O) groups is 1. The SMILES string of the molecule is CCOC(=O)CSc1nnc(Cn2c(=O)sc3ccccc32)n1-c1cccc(C(F)(F)F)c1. The molecule has 0 bridgehead atoms. The highest BCUT2D eigenvalue weighted by molar-refractivity contribution is 7.99. The first kappa shape index (κ1) is 23.1. The van der Waals surface area contributed by atoms with E-state index in [4.69, 9.17) is 4.74 Å². The fraction of sp³-hybridized carbons (Fsp3) is 0.238. The zero-order valence-electron chi connectivity index (χ0n) is 17.2. The molecule has 0 fully saturated rings. The van der Waals surface area contributed by atoms with E-state index in [2.05, 4.69) is 10.2 Å². The third-order valence-corrected chi connectivity index (χ3v) is 6.49. The number of thioether (sulfide) groups is 1. The van der Waals surface area contributed by atoms with Crippen molar-refractivity contribution in [1.29, 1.82) is 0 Å². The highest BCUT2D eigenvalue weighted by Gasteiger charge is 2.31. The lowest BCUT2D eigenvalue weighted by atomic mass is 10.2. The van der Waals surface area contributed by atoms with Crippen LogP contribution in [0.4, 0.5) is 13.2 Å². The summed E-state index contributed by atoms with van der Waals surface area (Å²) in [6.07, 6.45) is -4.54. The van der Waals surface area contributed by atoms with Crippen molar-refractivity contribution >= 4 is 39.3 Å². The standard InChI is InChI=1S/C21H17F3N4O3S2/c1-2-31-18(29)12-32-19-26-25-17(11-27-15-8-3-4-9-16(15)33-20(27)30)28(19)14-7-5-6-13(10-14)21(22,23)24/h3-10H,2,11-12H2,1H3. The molecule has 2 aromatic heterocycles. The fourth-order valence-corrected chi connectivity index (χ4v) is 4.87. The van der Waals surface area contributed by atoms with Crippen molar-refractivity contribution in [3.8, 4) is 5.69 Å². The fourth-order valence-electron chi connectivity index (χ4n) is 3.21. The number of fused-ring (bicyclic) bond motifs is 1. The van der Waals surface area contributed by atoms with Gasteiger partial charge in [0.05, 0.1) is 40.4 Å². The monoisotopic (exact) mass is 494 g/mol. The van der Waals surface area contributed by atoms with Gasteiger partial charge in [0.1, 0.15) is 0 Å². The molecule has 0 radical (unpaired) electrons. The van der Waals surface area contributed by atoms with Gasteiger partial charge in [-0.15, -0.1) is 10.2 Å². The molecule has 7 nitrogen and oxygen atoms in total. The number of ether oxygens (including phenoxy) is 1. The van der Waals surface area contributed by atoms with Gasteiger partial charge in [0.25, 0.3) is 0 Å². The Balaban J connectivity index is 1.78. The maximum Gasteiger partial charge on any atom is 0.416 e. The predicted molar refractivity (Wildman–Crippen MR) is 119 cm³/mol. The molecule has 0 N–H and O–H groups in total. The Labute approximate surface area is 193 Å². The Hall–Kier alpha value is -3.12. The van der Waals surface area contributed by atoms with Crippen LogP contribution in [0.2, 0.25) is 0 Å². The van der Waals surface area contributed by atoms with Crippen LogP contribution >= 0.6 is 23.1 Å². The van der Waals surface area contributed by atoms with Crippen molar-refractivity contribution in [1.82, 2.24) is 19.3 Å². The lowest BCUT2D eigenvalue weighted by molar-refractivity contribution is -0.140. The molecule has 0 aliphatic rings. The summed E-state index contributed by atoms with van der Waals surface area (Å²) in [6.45, 7) is 1.87. The first-order chi connectivity index (χ1) is 15.8. The van der Waals surface area contributed by atoms with Gasteiger partial charge >= 0.3 is 17.0 Å². The molecule has 0 amide bonds. The van der Waals surface area contributed by atoms with Crippen LogP contribution < -0.4 is 4.87 Å². The largest absolute Gasteiger partial charge is 0.465 e. The Morgan fingerprint density at radius 1 is 1.15 bits per heavy atom. The first-order valence-corrected chi connectivity index (χ1v) is 11.6. The maximum absolute atomic E-state index is 13.3. The summed E-state index contributed by atoms with van der Waals surface area (Å²) in [5.41, 5.74) is 0.0229. The van der Waals surface area contributed by atoms with E-state index in [-0.39, 0.29) is 40.4 Å². The number of esters is 1. The van der Waals surface area contributed by atoms with Gasteiger partial charge in [-0.05, 0) is 37.3 Å². The predicted octanol–water partition coefficient (Wildman–Crippen LogP) is 4.37. The molecule has 0 unspecified atom stereocenters. The Morgan fingerprint density at radius 3 is 2.70 bits per heavy atom. The number of thiazole rings is 1. The minimum atomic E-state index is -4.54. The van der Waals surface area contributed by atoms with Crippen molar-refractivity contribution in [2.75, 3.05) is 12.4 Å². The number of benzene rings is 2. The van der Waals surface area contributed by atoms with Gasteiger partial charge in [0.15, 0.2) is 11.0 Å². The Morgan fingerprint density at radius 2 is 1.94 bits per heavy atom. The van der Waals surface area contributed by atoms with Crippen molar-refractivity contribution in [2.45, 2.75) is 24.8 Å². The molecule has 0 saturated heterocycles. The molecule has 2 heterocycles. The number of carbonyl (C=O) groups excluding carboxylic acids is 1. The second-order valence-electron chi connectivity index (χ2n) is 6.80. The van der Waals surface area contributed by atoms with E-state index in [1.54, 1.807) is 19.1 Å². The van der Waals surface area contributed by atoms with Crippen LogP contribution in [0.3, 0.4) is 0 Å². The van der Waals surface area contributed by atoms with Crippen LogP contribution in [-0.2, 0) is 22.3 Å². The van der Waals surface area contributed by atoms with Crippen molar-refractivity contribution in [3.63, 3.8) is 0 Å². The van der Waals surface area contributed by atoms with E-state index in [1.807, 2.05) is 12.1 Å². The van der Waals surface area contributed by atoms with E-state index in [1.165, 1.54) is 21.3 Å². The van der Waals surface area contributed by atoms with E-state index in [0.29, 0.717) is 5.52 Å². The first-order valence-electron chi connectivity index (χ1n) is 9.76. The molecule has 172 valence electrons. The quantitative estimate of drug-likeness (QED) is 0.281. The maximum atomic E-state index is 13.3. The number of nitrogens with zero attached hydrogens (tertiary/aromatic N) is 4. The molecule has 33 heavy (non-hydrogen) atoms. The second-order valence-corrected chi connectivity index (χ2v) is 8.73. The minimum Gasteiger partial charge on any atom is -0.465 e. The number of halogens is 3. The van der Waals surface area contributed by atoms with Gasteiger partial charge in [-0.2, -0.15) is 13.2 Å². The topological polar surface area (TPSA) is 79.0 Å². The van der Waals surface area contributed by atoms with Gasteiger partial charge in [0, 0.05) is 0 Å². The number of aromatic nitrogens is 4. The van der Waals surface area contributed by atoms with Crippen LogP contribution in [0, 0.1) is 0 Å². The average molecular weight is 495 g/mol. The normalized spacial score (nSPS) is 11.8. The smallest absolute Gasteiger partial charge is 0.416 e. The van der Waals surface area contributed by atoms with Gasteiger partial charge in [-0.25, -0.2) is 0 Å².